The Bertz CT molecular complexity index is 707. The zero-order valence-corrected chi connectivity index (χ0v) is 29.0. The third-order valence-electron chi connectivity index (χ3n) is 9.52. The minimum Gasteiger partial charge on any atom is -0.550 e. The first kappa shape index (κ1) is 42.1. The van der Waals surface area contributed by atoms with E-state index in [1.54, 1.807) is 20.8 Å². The second-order valence-corrected chi connectivity index (χ2v) is 13.7. The highest BCUT2D eigenvalue weighted by Crippen LogP contribution is 2.21. The van der Waals surface area contributed by atoms with E-state index in [0.717, 1.165) is 19.4 Å². The van der Waals surface area contributed by atoms with Gasteiger partial charge < -0.3 is 24.6 Å². The first-order valence-electron chi connectivity index (χ1n) is 18.2. The van der Waals surface area contributed by atoms with Crippen molar-refractivity contribution in [2.24, 2.45) is 17.8 Å². The fourth-order valence-corrected chi connectivity index (χ4v) is 5.83. The summed E-state index contributed by atoms with van der Waals surface area (Å²) in [5.74, 6) is -4.39. The smallest absolute Gasteiger partial charge is 0.306 e. The number of carbonyl (C=O) groups is 3. The first-order valence-corrected chi connectivity index (χ1v) is 18.2. The Morgan fingerprint density at radius 3 is 1.25 bits per heavy atom. The van der Waals surface area contributed by atoms with Crippen molar-refractivity contribution in [3.05, 3.63) is 12.2 Å². The van der Waals surface area contributed by atoms with E-state index in [9.17, 15) is 29.7 Å². The van der Waals surface area contributed by atoms with Gasteiger partial charge >= 0.3 is 11.9 Å². The van der Waals surface area contributed by atoms with Crippen molar-refractivity contribution in [2.75, 3.05) is 26.2 Å². The second-order valence-electron chi connectivity index (χ2n) is 13.7. The zero-order chi connectivity index (χ0) is 33.1. The molecule has 0 saturated carbocycles. The second kappa shape index (κ2) is 27.4. The third kappa shape index (κ3) is 23.5. The molecule has 44 heavy (non-hydrogen) atoms. The fourth-order valence-electron chi connectivity index (χ4n) is 5.83. The molecule has 7 heteroatoms. The van der Waals surface area contributed by atoms with Crippen LogP contribution in [0.5, 0.6) is 0 Å². The van der Waals surface area contributed by atoms with Crippen molar-refractivity contribution in [2.45, 2.75) is 163 Å². The number of carboxylic acids is 3. The summed E-state index contributed by atoms with van der Waals surface area (Å²) in [7, 11) is 0. The summed E-state index contributed by atoms with van der Waals surface area (Å²) in [6.45, 7) is 9.79. The molecule has 7 nitrogen and oxygen atoms in total. The molecule has 0 spiro atoms. The number of hydrogen-bond donors (Lipinski definition) is 2. The van der Waals surface area contributed by atoms with Crippen LogP contribution in [0.2, 0.25) is 0 Å². The van der Waals surface area contributed by atoms with E-state index >= 15 is 0 Å². The van der Waals surface area contributed by atoms with E-state index in [0.29, 0.717) is 43.4 Å². The third-order valence-corrected chi connectivity index (χ3v) is 9.52. The normalized spacial score (nSPS) is 15.2. The Hall–Kier alpha value is -1.89. The summed E-state index contributed by atoms with van der Waals surface area (Å²) < 4.78 is 0.538. The van der Waals surface area contributed by atoms with Crippen LogP contribution in [0.4, 0.5) is 0 Å². The van der Waals surface area contributed by atoms with Gasteiger partial charge in [0.2, 0.25) is 0 Å². The van der Waals surface area contributed by atoms with E-state index in [4.69, 9.17) is 0 Å². The highest BCUT2D eigenvalue weighted by atomic mass is 16.4. The number of unbranched alkanes of at least 4 members (excludes halogenated alkanes) is 16. The van der Waals surface area contributed by atoms with Crippen LogP contribution in [-0.2, 0) is 14.4 Å². The van der Waals surface area contributed by atoms with Gasteiger partial charge in [0.05, 0.1) is 38.0 Å². The van der Waals surface area contributed by atoms with Crippen molar-refractivity contribution in [1.82, 2.24) is 0 Å². The lowest BCUT2D eigenvalue weighted by atomic mass is 10.0. The predicted octanol–water partition coefficient (Wildman–Crippen LogP) is 8.40. The molecule has 0 rings (SSSR count). The minimum atomic E-state index is -1.08. The largest absolute Gasteiger partial charge is 0.550 e. The molecule has 0 aromatic carbocycles. The van der Waals surface area contributed by atoms with Crippen molar-refractivity contribution in [3.8, 4) is 0 Å². The molecule has 0 aliphatic rings. The molecule has 0 radical (unpaired) electrons. The van der Waals surface area contributed by atoms with Crippen LogP contribution in [0.15, 0.2) is 12.2 Å². The van der Waals surface area contributed by atoms with Crippen molar-refractivity contribution < 1.29 is 34.2 Å². The highest BCUT2D eigenvalue weighted by molar-refractivity contribution is 5.69. The maximum absolute atomic E-state index is 11.5. The van der Waals surface area contributed by atoms with Crippen molar-refractivity contribution >= 4 is 17.9 Å². The summed E-state index contributed by atoms with van der Waals surface area (Å²) in [5.41, 5.74) is 0. The quantitative estimate of drug-likeness (QED) is 0.0442. The van der Waals surface area contributed by atoms with Crippen LogP contribution in [0.25, 0.3) is 0 Å². The van der Waals surface area contributed by atoms with Crippen LogP contribution in [-0.4, -0.2) is 58.8 Å². The minimum absolute atomic E-state index is 0.425. The molecular formula is C37H69NO6. The van der Waals surface area contributed by atoms with Gasteiger partial charge in [0.25, 0.3) is 0 Å². The Labute approximate surface area is 270 Å². The summed E-state index contributed by atoms with van der Waals surface area (Å²) >= 11 is 0. The lowest BCUT2D eigenvalue weighted by molar-refractivity contribution is -0.929. The van der Waals surface area contributed by atoms with Crippen LogP contribution in [0.3, 0.4) is 0 Å². The molecule has 2 N–H and O–H groups in total. The van der Waals surface area contributed by atoms with E-state index in [1.165, 1.54) is 103 Å². The fraction of sp³-hybridized carbons (Fsp3) is 0.865. The number of nitrogens with zero attached hydrogens (tertiary/aromatic N) is 1. The molecule has 0 fully saturated rings. The van der Waals surface area contributed by atoms with E-state index in [2.05, 4.69) is 19.1 Å². The van der Waals surface area contributed by atoms with Gasteiger partial charge in [-0.05, 0) is 12.8 Å². The molecule has 0 bridgehead atoms. The molecule has 0 heterocycles. The number of carboxylic acid groups (broad SMARTS) is 3. The average molecular weight is 624 g/mol. The van der Waals surface area contributed by atoms with E-state index in [-0.39, 0.29) is 0 Å². The maximum atomic E-state index is 11.5. The SMILES string of the molecule is CCCCCCCCCCCCCCCCCC/C=C/CC[N+](CCC(C)C(=O)[O-])(CCC(C)C(=O)O)CCC(C)C(=O)O. The number of aliphatic carboxylic acids is 3. The molecular weight excluding hydrogens is 554 g/mol. The van der Waals surface area contributed by atoms with E-state index in [1.807, 2.05) is 0 Å². The van der Waals surface area contributed by atoms with Gasteiger partial charge in [0.15, 0.2) is 0 Å². The number of carbonyl (C=O) groups excluding carboxylic acids is 1. The Kier molecular flexibility index (Phi) is 26.2. The molecule has 0 aromatic heterocycles. The summed E-state index contributed by atoms with van der Waals surface area (Å²) in [6.07, 6.45) is 29.4. The Morgan fingerprint density at radius 2 is 0.886 bits per heavy atom. The molecule has 0 amide bonds. The van der Waals surface area contributed by atoms with Crippen LogP contribution >= 0.6 is 0 Å². The van der Waals surface area contributed by atoms with Crippen LogP contribution < -0.4 is 5.11 Å². The van der Waals surface area contributed by atoms with Gasteiger partial charge in [-0.2, -0.15) is 0 Å². The standard InChI is InChI=1S/C37H69NO6/c1-5-6-7-8-9-10-11-12-13-14-15-16-17-18-19-20-21-22-23-24-28-38(29-25-32(2)35(39)40,30-26-33(3)36(41)42)31-27-34(4)37(43)44/h22-23,32-34H,5-21,24-31H2,1-4H3,(H2-,39,40,41,42,43,44)/b23-22+. The molecule has 258 valence electrons. The lowest BCUT2D eigenvalue weighted by Crippen LogP contribution is -2.52. The number of rotatable bonds is 32. The van der Waals surface area contributed by atoms with Gasteiger partial charge in [-0.25, -0.2) is 0 Å². The van der Waals surface area contributed by atoms with Crippen LogP contribution in [0.1, 0.15) is 163 Å². The lowest BCUT2D eigenvalue weighted by Gasteiger charge is -2.40. The summed E-state index contributed by atoms with van der Waals surface area (Å²) in [4.78, 5) is 34.4. The van der Waals surface area contributed by atoms with Crippen molar-refractivity contribution in [3.63, 3.8) is 0 Å². The molecule has 3 unspecified atom stereocenters. The van der Waals surface area contributed by atoms with Gasteiger partial charge in [-0.3, -0.25) is 9.59 Å². The molecule has 0 aliphatic heterocycles. The van der Waals surface area contributed by atoms with Gasteiger partial charge in [0.1, 0.15) is 0 Å². The summed E-state index contributed by atoms with van der Waals surface area (Å²) in [6, 6.07) is 0. The first-order chi connectivity index (χ1) is 21.0. The number of allylic oxidation sites excluding steroid dienone is 1. The maximum Gasteiger partial charge on any atom is 0.306 e. The number of hydrogen-bond acceptors (Lipinski definition) is 4. The van der Waals surface area contributed by atoms with Gasteiger partial charge in [-0.15, -0.1) is 0 Å². The molecule has 0 aliphatic carbocycles. The molecule has 3 atom stereocenters. The van der Waals surface area contributed by atoms with Crippen LogP contribution in [0, 0.1) is 17.8 Å². The average Bonchev–Trinajstić information content (AvgIpc) is 2.99. The predicted molar refractivity (Wildman–Crippen MR) is 179 cm³/mol. The summed E-state index contributed by atoms with van der Waals surface area (Å²) in [5, 5.41) is 30.3. The van der Waals surface area contributed by atoms with Gasteiger partial charge in [0, 0.05) is 37.6 Å². The zero-order valence-electron chi connectivity index (χ0n) is 29.0. The van der Waals surface area contributed by atoms with E-state index < -0.39 is 35.7 Å². The van der Waals surface area contributed by atoms with Gasteiger partial charge in [-0.1, -0.05) is 136 Å². The Balaban J connectivity index is 4.46. The highest BCUT2D eigenvalue weighted by Gasteiger charge is 2.30. The van der Waals surface area contributed by atoms with Crippen molar-refractivity contribution in [1.29, 1.82) is 0 Å². The number of quaternary nitrogens is 1. The Morgan fingerprint density at radius 1 is 0.545 bits per heavy atom. The monoisotopic (exact) mass is 624 g/mol. The topological polar surface area (TPSA) is 115 Å². The molecule has 0 aromatic rings. The molecule has 0 saturated heterocycles.